The summed E-state index contributed by atoms with van der Waals surface area (Å²) in [5, 5.41) is 2.73. The van der Waals surface area contributed by atoms with Crippen molar-refractivity contribution in [1.29, 1.82) is 0 Å². The smallest absolute Gasteiger partial charge is 0.409 e. The molecule has 1 aromatic carbocycles. The lowest BCUT2D eigenvalue weighted by Crippen LogP contribution is -2.26. The molecule has 0 unspecified atom stereocenters. The van der Waals surface area contributed by atoms with Crippen LogP contribution in [0.15, 0.2) is 24.3 Å². The average Bonchev–Trinajstić information content (AvgIpc) is 3.04. The van der Waals surface area contributed by atoms with Gasteiger partial charge in [-0.25, -0.2) is 9.78 Å². The van der Waals surface area contributed by atoms with Crippen LogP contribution in [-0.4, -0.2) is 46.6 Å². The Kier molecular flexibility index (Phi) is 3.72. The predicted octanol–water partition coefficient (Wildman–Crippen LogP) is 1.73. The van der Waals surface area contributed by atoms with E-state index in [0.29, 0.717) is 38.5 Å². The number of carbonyl (C=O) groups excluding carboxylic acids is 2. The molecule has 0 saturated carbocycles. The third-order valence-electron chi connectivity index (χ3n) is 3.32. The number of rotatable bonds is 5. The maximum Gasteiger partial charge on any atom is 0.409 e. The molecular weight excluding hydrogens is 272 g/mol. The van der Waals surface area contributed by atoms with Crippen LogP contribution < -0.4 is 5.32 Å². The van der Waals surface area contributed by atoms with E-state index in [9.17, 15) is 9.59 Å². The lowest BCUT2D eigenvalue weighted by molar-refractivity contribution is -0.116. The molecule has 110 valence electrons. The summed E-state index contributed by atoms with van der Waals surface area (Å²) in [5.41, 5.74) is 1.69. The molecule has 0 bridgehead atoms. The number of cyclic esters (lactones) is 1. The number of amides is 2. The molecule has 0 radical (unpaired) electrons. The van der Waals surface area contributed by atoms with Gasteiger partial charge in [0.25, 0.3) is 0 Å². The van der Waals surface area contributed by atoms with Crippen molar-refractivity contribution >= 4 is 29.0 Å². The number of H-pyrrole nitrogens is 1. The van der Waals surface area contributed by atoms with Crippen molar-refractivity contribution in [3.63, 3.8) is 0 Å². The summed E-state index contributed by atoms with van der Waals surface area (Å²) < 4.78 is 4.82. The topological polar surface area (TPSA) is 87.3 Å². The Bertz CT molecular complexity index is 634. The first-order valence-corrected chi connectivity index (χ1v) is 6.89. The van der Waals surface area contributed by atoms with E-state index in [4.69, 9.17) is 4.74 Å². The molecule has 1 fully saturated rings. The van der Waals surface area contributed by atoms with Crippen LogP contribution >= 0.6 is 0 Å². The quantitative estimate of drug-likeness (QED) is 0.877. The number of anilines is 1. The zero-order chi connectivity index (χ0) is 14.7. The molecule has 3 rings (SSSR count). The second-order valence-corrected chi connectivity index (χ2v) is 4.86. The van der Waals surface area contributed by atoms with Gasteiger partial charge in [-0.15, -0.1) is 0 Å². The number of imidazole rings is 1. The highest BCUT2D eigenvalue weighted by Crippen LogP contribution is 2.13. The number of nitrogens with one attached hydrogen (secondary N) is 2. The molecule has 1 aromatic heterocycles. The van der Waals surface area contributed by atoms with Gasteiger partial charge in [-0.3, -0.25) is 10.1 Å². The molecule has 2 aromatic rings. The van der Waals surface area contributed by atoms with E-state index in [2.05, 4.69) is 15.3 Å². The fourth-order valence-electron chi connectivity index (χ4n) is 2.27. The molecule has 21 heavy (non-hydrogen) atoms. The van der Waals surface area contributed by atoms with Crippen LogP contribution in [0.4, 0.5) is 10.7 Å². The molecule has 7 nitrogen and oxygen atoms in total. The van der Waals surface area contributed by atoms with Crippen LogP contribution in [-0.2, 0) is 9.53 Å². The Morgan fingerprint density at radius 3 is 3.05 bits per heavy atom. The number of carbonyl (C=O) groups is 2. The maximum atomic E-state index is 11.8. The van der Waals surface area contributed by atoms with Crippen LogP contribution in [0.5, 0.6) is 0 Å². The van der Waals surface area contributed by atoms with E-state index in [-0.39, 0.29) is 12.0 Å². The molecule has 1 aliphatic heterocycles. The van der Waals surface area contributed by atoms with Crippen molar-refractivity contribution in [2.45, 2.75) is 12.8 Å². The van der Waals surface area contributed by atoms with Gasteiger partial charge >= 0.3 is 6.09 Å². The third kappa shape index (κ3) is 3.13. The second-order valence-electron chi connectivity index (χ2n) is 4.86. The Morgan fingerprint density at radius 2 is 2.29 bits per heavy atom. The molecule has 2 N–H and O–H groups in total. The number of para-hydroxylation sites is 2. The highest BCUT2D eigenvalue weighted by molar-refractivity contribution is 5.91. The first-order valence-electron chi connectivity index (χ1n) is 6.89. The number of aromatic nitrogens is 2. The molecule has 7 heteroatoms. The second kappa shape index (κ2) is 5.82. The number of benzene rings is 1. The third-order valence-corrected chi connectivity index (χ3v) is 3.32. The lowest BCUT2D eigenvalue weighted by atomic mass is 10.3. The minimum Gasteiger partial charge on any atom is -0.448 e. The summed E-state index contributed by atoms with van der Waals surface area (Å²) >= 11 is 0. The zero-order valence-corrected chi connectivity index (χ0v) is 11.5. The summed E-state index contributed by atoms with van der Waals surface area (Å²) in [6.07, 6.45) is 0.634. The molecule has 1 aliphatic rings. The van der Waals surface area contributed by atoms with Gasteiger partial charge < -0.3 is 14.6 Å². The number of hydrogen-bond donors (Lipinski definition) is 2. The minimum absolute atomic E-state index is 0.123. The van der Waals surface area contributed by atoms with E-state index in [1.54, 1.807) is 4.90 Å². The van der Waals surface area contributed by atoms with Gasteiger partial charge in [-0.2, -0.15) is 0 Å². The summed E-state index contributed by atoms with van der Waals surface area (Å²) in [5.74, 6) is 0.323. The lowest BCUT2D eigenvalue weighted by Gasteiger charge is -2.11. The number of aromatic amines is 1. The van der Waals surface area contributed by atoms with Crippen molar-refractivity contribution in [2.24, 2.45) is 0 Å². The molecule has 2 heterocycles. The Balaban J connectivity index is 1.48. The molecule has 0 atom stereocenters. The van der Waals surface area contributed by atoms with Gasteiger partial charge in [-0.05, 0) is 18.6 Å². The van der Waals surface area contributed by atoms with Gasteiger partial charge in [-0.1, -0.05) is 12.1 Å². The molecule has 0 spiro atoms. The number of fused-ring (bicyclic) bond motifs is 1. The summed E-state index contributed by atoms with van der Waals surface area (Å²) in [6, 6.07) is 7.57. The Hall–Kier alpha value is -2.57. The first-order chi connectivity index (χ1) is 10.2. The normalized spacial score (nSPS) is 14.5. The van der Waals surface area contributed by atoms with Crippen molar-refractivity contribution in [2.75, 3.05) is 25.0 Å². The van der Waals surface area contributed by atoms with Crippen LogP contribution in [0.2, 0.25) is 0 Å². The minimum atomic E-state index is -0.298. The number of hydrogen-bond acceptors (Lipinski definition) is 4. The fourth-order valence-corrected chi connectivity index (χ4v) is 2.27. The highest BCUT2D eigenvalue weighted by atomic mass is 16.6. The monoisotopic (exact) mass is 288 g/mol. The van der Waals surface area contributed by atoms with Gasteiger partial charge in [0, 0.05) is 13.0 Å². The number of nitrogens with zero attached hydrogens (tertiary/aromatic N) is 2. The van der Waals surface area contributed by atoms with Gasteiger partial charge in [0.2, 0.25) is 11.9 Å². The van der Waals surface area contributed by atoms with Crippen molar-refractivity contribution in [3.05, 3.63) is 24.3 Å². The van der Waals surface area contributed by atoms with Crippen LogP contribution in [0.3, 0.4) is 0 Å². The van der Waals surface area contributed by atoms with E-state index in [0.717, 1.165) is 11.0 Å². The van der Waals surface area contributed by atoms with E-state index in [1.807, 2.05) is 24.3 Å². The van der Waals surface area contributed by atoms with Crippen LogP contribution in [0, 0.1) is 0 Å². The van der Waals surface area contributed by atoms with Gasteiger partial charge in [0.05, 0.1) is 17.6 Å². The van der Waals surface area contributed by atoms with Crippen molar-refractivity contribution in [1.82, 2.24) is 14.9 Å². The van der Waals surface area contributed by atoms with Gasteiger partial charge in [0.15, 0.2) is 0 Å². The van der Waals surface area contributed by atoms with Gasteiger partial charge in [0.1, 0.15) is 6.61 Å². The highest BCUT2D eigenvalue weighted by Gasteiger charge is 2.21. The Labute approximate surface area is 121 Å². The average molecular weight is 288 g/mol. The van der Waals surface area contributed by atoms with Crippen molar-refractivity contribution < 1.29 is 14.3 Å². The van der Waals surface area contributed by atoms with E-state index >= 15 is 0 Å². The molecule has 1 saturated heterocycles. The standard InChI is InChI=1S/C14H16N4O3/c19-12(6-3-7-18-8-9-21-14(18)20)17-13-15-10-4-1-2-5-11(10)16-13/h1-2,4-5H,3,6-9H2,(H2,15,16,17,19). The molecule has 0 aliphatic carbocycles. The largest absolute Gasteiger partial charge is 0.448 e. The SMILES string of the molecule is O=C(CCCN1CCOC1=O)Nc1nc2ccccc2[nH]1. The molecule has 2 amide bonds. The van der Waals surface area contributed by atoms with Crippen LogP contribution in [0.1, 0.15) is 12.8 Å². The predicted molar refractivity (Wildman–Crippen MR) is 76.9 cm³/mol. The fraction of sp³-hybridized carbons (Fsp3) is 0.357. The maximum absolute atomic E-state index is 11.8. The Morgan fingerprint density at radius 1 is 1.43 bits per heavy atom. The number of ether oxygens (including phenoxy) is 1. The summed E-state index contributed by atoms with van der Waals surface area (Å²) in [6.45, 7) is 1.57. The first kappa shape index (κ1) is 13.4. The van der Waals surface area contributed by atoms with E-state index in [1.165, 1.54) is 0 Å². The summed E-state index contributed by atoms with van der Waals surface area (Å²) in [7, 11) is 0. The zero-order valence-electron chi connectivity index (χ0n) is 11.5. The van der Waals surface area contributed by atoms with Crippen LogP contribution in [0.25, 0.3) is 11.0 Å². The summed E-state index contributed by atoms with van der Waals surface area (Å²) in [4.78, 5) is 32.0. The molecular formula is C14H16N4O3. The van der Waals surface area contributed by atoms with Crippen molar-refractivity contribution in [3.8, 4) is 0 Å². The van der Waals surface area contributed by atoms with E-state index < -0.39 is 0 Å².